The zero-order valence-corrected chi connectivity index (χ0v) is 13.3. The number of rotatable bonds is 6. The summed E-state index contributed by atoms with van der Waals surface area (Å²) in [6.07, 6.45) is 0. The number of quaternary nitrogens is 1. The van der Waals surface area contributed by atoms with Gasteiger partial charge in [-0.15, -0.1) is 0 Å². The molecule has 4 nitrogen and oxygen atoms in total. The minimum Gasteiger partial charge on any atom is -0.497 e. The molecule has 2 N–H and O–H groups in total. The molecule has 1 amide bonds. The van der Waals surface area contributed by atoms with E-state index < -0.39 is 0 Å². The molecule has 0 saturated heterocycles. The standard InChI is InChI=1S/C18H22N2O2/c1-14-7-4-5-10-17(14)19-18(21)13-20(2)12-15-8-6-9-16(11-15)22-3/h4-11H,12-13H2,1-3H3,(H,19,21)/p+1. The maximum Gasteiger partial charge on any atom is 0.279 e. The third-order valence-corrected chi connectivity index (χ3v) is 3.52. The summed E-state index contributed by atoms with van der Waals surface area (Å²) in [5.41, 5.74) is 3.10. The van der Waals surface area contributed by atoms with Crippen LogP contribution in [0, 0.1) is 6.92 Å². The fourth-order valence-corrected chi connectivity index (χ4v) is 2.38. The number of carbonyl (C=O) groups excluding carboxylic acids is 1. The van der Waals surface area contributed by atoms with Crippen molar-refractivity contribution in [3.8, 4) is 5.75 Å². The Balaban J connectivity index is 1.89. The predicted octanol–water partition coefficient (Wildman–Crippen LogP) is 1.66. The monoisotopic (exact) mass is 299 g/mol. The summed E-state index contributed by atoms with van der Waals surface area (Å²) in [7, 11) is 3.67. The number of aryl methyl sites for hydroxylation is 1. The van der Waals surface area contributed by atoms with Crippen LogP contribution in [0.2, 0.25) is 0 Å². The lowest BCUT2D eigenvalue weighted by atomic mass is 10.2. The van der Waals surface area contributed by atoms with Gasteiger partial charge in [-0.3, -0.25) is 4.79 Å². The van der Waals surface area contributed by atoms with Gasteiger partial charge in [0.15, 0.2) is 6.54 Å². The first-order valence-corrected chi connectivity index (χ1v) is 7.38. The van der Waals surface area contributed by atoms with Crippen LogP contribution in [0.15, 0.2) is 48.5 Å². The Kier molecular flexibility index (Phi) is 5.55. The second-order valence-corrected chi connectivity index (χ2v) is 5.53. The highest BCUT2D eigenvalue weighted by atomic mass is 16.5. The first kappa shape index (κ1) is 16.0. The van der Waals surface area contributed by atoms with E-state index in [9.17, 15) is 4.79 Å². The van der Waals surface area contributed by atoms with Gasteiger partial charge in [-0.2, -0.15) is 0 Å². The number of methoxy groups -OCH3 is 1. The minimum absolute atomic E-state index is 0.0229. The van der Waals surface area contributed by atoms with E-state index in [1.54, 1.807) is 7.11 Å². The van der Waals surface area contributed by atoms with Gasteiger partial charge in [-0.1, -0.05) is 30.3 Å². The summed E-state index contributed by atoms with van der Waals surface area (Å²) in [6.45, 7) is 3.19. The van der Waals surface area contributed by atoms with Gasteiger partial charge >= 0.3 is 0 Å². The summed E-state index contributed by atoms with van der Waals surface area (Å²) in [6, 6.07) is 15.7. The van der Waals surface area contributed by atoms with Crippen LogP contribution >= 0.6 is 0 Å². The Morgan fingerprint density at radius 1 is 1.18 bits per heavy atom. The van der Waals surface area contributed by atoms with Crippen LogP contribution in [0.5, 0.6) is 5.75 Å². The van der Waals surface area contributed by atoms with Gasteiger partial charge in [0.1, 0.15) is 12.3 Å². The topological polar surface area (TPSA) is 42.8 Å². The van der Waals surface area contributed by atoms with Crippen LogP contribution in [0.3, 0.4) is 0 Å². The molecular weight excluding hydrogens is 276 g/mol. The third-order valence-electron chi connectivity index (χ3n) is 3.52. The van der Waals surface area contributed by atoms with Crippen LogP contribution in [0.1, 0.15) is 11.1 Å². The van der Waals surface area contributed by atoms with Crippen LogP contribution < -0.4 is 15.0 Å². The van der Waals surface area contributed by atoms with Crippen molar-refractivity contribution in [2.75, 3.05) is 26.0 Å². The smallest absolute Gasteiger partial charge is 0.279 e. The van der Waals surface area contributed by atoms with E-state index in [-0.39, 0.29) is 5.91 Å². The summed E-state index contributed by atoms with van der Waals surface area (Å²) in [5, 5.41) is 2.96. The van der Waals surface area contributed by atoms with Crippen LogP contribution in [-0.2, 0) is 11.3 Å². The fraction of sp³-hybridized carbons (Fsp3) is 0.278. The average molecular weight is 299 g/mol. The predicted molar refractivity (Wildman–Crippen MR) is 88.3 cm³/mol. The van der Waals surface area contributed by atoms with Gasteiger partial charge in [0.25, 0.3) is 5.91 Å². The molecular formula is C18H23N2O2+. The zero-order valence-electron chi connectivity index (χ0n) is 13.3. The molecule has 0 aliphatic heterocycles. The summed E-state index contributed by atoms with van der Waals surface area (Å²) in [5.74, 6) is 0.865. The van der Waals surface area contributed by atoms with E-state index in [4.69, 9.17) is 4.74 Å². The highest BCUT2D eigenvalue weighted by molar-refractivity contribution is 5.92. The van der Waals surface area contributed by atoms with Crippen molar-refractivity contribution in [3.63, 3.8) is 0 Å². The molecule has 2 aromatic carbocycles. The highest BCUT2D eigenvalue weighted by Gasteiger charge is 2.12. The van der Waals surface area contributed by atoms with Gasteiger partial charge in [0.05, 0.1) is 14.2 Å². The van der Waals surface area contributed by atoms with E-state index >= 15 is 0 Å². The number of benzene rings is 2. The Morgan fingerprint density at radius 3 is 2.68 bits per heavy atom. The van der Waals surface area contributed by atoms with Gasteiger partial charge in [0, 0.05) is 11.3 Å². The second kappa shape index (κ2) is 7.61. The maximum atomic E-state index is 12.1. The van der Waals surface area contributed by atoms with Crippen LogP contribution in [0.4, 0.5) is 5.69 Å². The van der Waals surface area contributed by atoms with Crippen molar-refractivity contribution in [2.24, 2.45) is 0 Å². The normalized spacial score (nSPS) is 11.8. The lowest BCUT2D eigenvalue weighted by Crippen LogP contribution is -3.08. The van der Waals surface area contributed by atoms with E-state index in [0.717, 1.165) is 34.0 Å². The largest absolute Gasteiger partial charge is 0.497 e. The van der Waals surface area contributed by atoms with E-state index in [1.807, 2.05) is 62.5 Å². The molecule has 2 aromatic rings. The number of hydrogen-bond acceptors (Lipinski definition) is 2. The molecule has 1 atom stereocenters. The quantitative estimate of drug-likeness (QED) is 0.852. The van der Waals surface area contributed by atoms with Gasteiger partial charge < -0.3 is 15.0 Å². The molecule has 0 aromatic heterocycles. The molecule has 2 rings (SSSR count). The first-order chi connectivity index (χ1) is 10.6. The molecule has 0 aliphatic rings. The van der Waals surface area contributed by atoms with Crippen LogP contribution in [0.25, 0.3) is 0 Å². The number of ether oxygens (including phenoxy) is 1. The molecule has 1 unspecified atom stereocenters. The minimum atomic E-state index is 0.0229. The van der Waals surface area contributed by atoms with Gasteiger partial charge in [-0.05, 0) is 30.7 Å². The molecule has 0 fully saturated rings. The number of likely N-dealkylation sites (N-methyl/N-ethyl adjacent to an activating group) is 1. The lowest BCUT2D eigenvalue weighted by Gasteiger charge is -2.15. The Morgan fingerprint density at radius 2 is 1.95 bits per heavy atom. The van der Waals surface area contributed by atoms with Crippen LogP contribution in [-0.4, -0.2) is 26.6 Å². The third kappa shape index (κ3) is 4.60. The van der Waals surface area contributed by atoms with Crippen molar-refractivity contribution in [1.82, 2.24) is 0 Å². The SMILES string of the molecule is COc1cccc(C[NH+](C)CC(=O)Nc2ccccc2C)c1. The molecule has 0 saturated carbocycles. The molecule has 116 valence electrons. The molecule has 4 heteroatoms. The van der Waals surface area contributed by atoms with Crippen molar-refractivity contribution >= 4 is 11.6 Å². The van der Waals surface area contributed by atoms with Crippen molar-refractivity contribution in [2.45, 2.75) is 13.5 Å². The van der Waals surface area contributed by atoms with E-state index in [2.05, 4.69) is 5.32 Å². The fourth-order valence-electron chi connectivity index (χ4n) is 2.38. The molecule has 0 bridgehead atoms. The summed E-state index contributed by atoms with van der Waals surface area (Å²) >= 11 is 0. The number of hydrogen-bond donors (Lipinski definition) is 2. The van der Waals surface area contributed by atoms with Crippen molar-refractivity contribution in [3.05, 3.63) is 59.7 Å². The molecule has 0 aliphatic carbocycles. The maximum absolute atomic E-state index is 12.1. The number of amides is 1. The van der Waals surface area contributed by atoms with E-state index in [1.165, 1.54) is 0 Å². The van der Waals surface area contributed by atoms with Crippen molar-refractivity contribution in [1.29, 1.82) is 0 Å². The van der Waals surface area contributed by atoms with Gasteiger partial charge in [0.2, 0.25) is 0 Å². The van der Waals surface area contributed by atoms with E-state index in [0.29, 0.717) is 6.54 Å². The lowest BCUT2D eigenvalue weighted by molar-refractivity contribution is -0.885. The Hall–Kier alpha value is -2.33. The van der Waals surface area contributed by atoms with Gasteiger partial charge in [-0.25, -0.2) is 0 Å². The molecule has 0 radical (unpaired) electrons. The second-order valence-electron chi connectivity index (χ2n) is 5.53. The molecule has 22 heavy (non-hydrogen) atoms. The average Bonchev–Trinajstić information content (AvgIpc) is 2.49. The Bertz CT molecular complexity index is 640. The molecule has 0 spiro atoms. The number of anilines is 1. The number of nitrogens with one attached hydrogen (secondary N) is 2. The summed E-state index contributed by atoms with van der Waals surface area (Å²) in [4.78, 5) is 13.3. The number of carbonyl (C=O) groups is 1. The highest BCUT2D eigenvalue weighted by Crippen LogP contribution is 2.13. The summed E-state index contributed by atoms with van der Waals surface area (Å²) < 4.78 is 5.22. The zero-order chi connectivity index (χ0) is 15.9. The van der Waals surface area contributed by atoms with Crippen molar-refractivity contribution < 1.29 is 14.4 Å². The first-order valence-electron chi connectivity index (χ1n) is 7.38. The molecule has 0 heterocycles. The number of para-hydroxylation sites is 1. The Labute approximate surface area is 131 Å².